The molecule has 0 aromatic rings. The van der Waals surface area contributed by atoms with Gasteiger partial charge in [-0.15, -0.1) is 0 Å². The highest BCUT2D eigenvalue weighted by Crippen LogP contribution is 2.28. The van der Waals surface area contributed by atoms with Crippen molar-refractivity contribution >= 4 is 21.7 Å². The zero-order valence-corrected chi connectivity index (χ0v) is 15.2. The predicted octanol–water partition coefficient (Wildman–Crippen LogP) is 1.64. The summed E-state index contributed by atoms with van der Waals surface area (Å²) in [7, 11) is -3.01. The molecule has 6 nitrogen and oxygen atoms in total. The monoisotopic (exact) mass is 347 g/mol. The number of esters is 1. The zero-order valence-electron chi connectivity index (χ0n) is 14.4. The van der Waals surface area contributed by atoms with Crippen LogP contribution in [0.4, 0.5) is 0 Å². The maximum Gasteiger partial charge on any atom is 0.302 e. The number of hydrogen-bond acceptors (Lipinski definition) is 5. The Balaban J connectivity index is 2.32. The van der Waals surface area contributed by atoms with Crippen LogP contribution in [0, 0.1) is 11.8 Å². The molecule has 2 atom stereocenters. The van der Waals surface area contributed by atoms with E-state index in [1.807, 2.05) is 11.8 Å². The van der Waals surface area contributed by atoms with Gasteiger partial charge < -0.3 is 9.64 Å². The number of amides is 1. The smallest absolute Gasteiger partial charge is 0.302 e. The second-order valence-corrected chi connectivity index (χ2v) is 8.66. The minimum atomic E-state index is -3.01. The molecule has 0 spiro atoms. The largest absolute Gasteiger partial charge is 0.466 e. The molecular weight excluding hydrogens is 318 g/mol. The Morgan fingerprint density at radius 3 is 2.35 bits per heavy atom. The van der Waals surface area contributed by atoms with Gasteiger partial charge in [-0.25, -0.2) is 8.42 Å². The molecule has 1 aliphatic rings. The fraction of sp³-hybridized carbons (Fsp3) is 0.875. The van der Waals surface area contributed by atoms with Gasteiger partial charge in [0.05, 0.1) is 12.4 Å². The second kappa shape index (κ2) is 9.25. The molecule has 1 amide bonds. The van der Waals surface area contributed by atoms with Crippen LogP contribution in [-0.4, -0.2) is 56.9 Å². The van der Waals surface area contributed by atoms with Crippen LogP contribution in [0.15, 0.2) is 0 Å². The highest BCUT2D eigenvalue weighted by molar-refractivity contribution is 7.90. The molecule has 0 aromatic carbocycles. The SMILES string of the molecule is CCC1CN(C(=O)CCCCCOC(C)=O)CC1CS(C)(=O)=O. The molecule has 1 aliphatic heterocycles. The van der Waals surface area contributed by atoms with Crippen LogP contribution < -0.4 is 0 Å². The third-order valence-corrected chi connectivity index (χ3v) is 5.34. The Labute approximate surface area is 139 Å². The molecular formula is C16H29NO5S. The lowest BCUT2D eigenvalue weighted by molar-refractivity contribution is -0.141. The van der Waals surface area contributed by atoms with E-state index in [4.69, 9.17) is 4.74 Å². The fourth-order valence-corrected chi connectivity index (χ4v) is 4.27. The van der Waals surface area contributed by atoms with E-state index < -0.39 is 9.84 Å². The second-order valence-electron chi connectivity index (χ2n) is 6.47. The molecule has 0 saturated carbocycles. The Morgan fingerprint density at radius 2 is 1.78 bits per heavy atom. The first-order chi connectivity index (χ1) is 10.7. The number of ether oxygens (including phenoxy) is 1. The van der Waals surface area contributed by atoms with Gasteiger partial charge in [0.2, 0.25) is 5.91 Å². The van der Waals surface area contributed by atoms with Crippen LogP contribution in [0.3, 0.4) is 0 Å². The first kappa shape index (κ1) is 19.9. The summed E-state index contributed by atoms with van der Waals surface area (Å²) < 4.78 is 27.9. The Morgan fingerprint density at radius 1 is 1.13 bits per heavy atom. The number of sulfone groups is 1. The van der Waals surface area contributed by atoms with Gasteiger partial charge in [0.25, 0.3) is 0 Å². The van der Waals surface area contributed by atoms with Gasteiger partial charge in [0, 0.05) is 32.7 Å². The minimum absolute atomic E-state index is 0.0583. The summed E-state index contributed by atoms with van der Waals surface area (Å²) in [6.07, 6.45) is 5.00. The van der Waals surface area contributed by atoms with Gasteiger partial charge >= 0.3 is 5.97 Å². The highest BCUT2D eigenvalue weighted by Gasteiger charge is 2.35. The topological polar surface area (TPSA) is 80.8 Å². The van der Waals surface area contributed by atoms with E-state index in [9.17, 15) is 18.0 Å². The van der Waals surface area contributed by atoms with Gasteiger partial charge in [-0.1, -0.05) is 13.3 Å². The number of rotatable bonds is 9. The fourth-order valence-electron chi connectivity index (χ4n) is 3.11. The zero-order chi connectivity index (χ0) is 17.5. The molecule has 0 aromatic heterocycles. The number of unbranched alkanes of at least 4 members (excludes halogenated alkanes) is 2. The number of hydrogen-bond donors (Lipinski definition) is 0. The summed E-state index contributed by atoms with van der Waals surface area (Å²) in [5, 5.41) is 0. The highest BCUT2D eigenvalue weighted by atomic mass is 32.2. The predicted molar refractivity (Wildman–Crippen MR) is 88.7 cm³/mol. The van der Waals surface area contributed by atoms with Crippen molar-refractivity contribution in [3.63, 3.8) is 0 Å². The van der Waals surface area contributed by atoms with Crippen LogP contribution >= 0.6 is 0 Å². The van der Waals surface area contributed by atoms with E-state index in [0.717, 1.165) is 25.7 Å². The normalized spacial score (nSPS) is 21.4. The van der Waals surface area contributed by atoms with Crippen LogP contribution in [-0.2, 0) is 24.2 Å². The summed E-state index contributed by atoms with van der Waals surface area (Å²) >= 11 is 0. The first-order valence-electron chi connectivity index (χ1n) is 8.31. The van der Waals surface area contributed by atoms with Gasteiger partial charge in [-0.2, -0.15) is 0 Å². The molecule has 2 unspecified atom stereocenters. The number of nitrogens with zero attached hydrogens (tertiary/aromatic N) is 1. The van der Waals surface area contributed by atoms with Crippen molar-refractivity contribution in [1.29, 1.82) is 0 Å². The van der Waals surface area contributed by atoms with Crippen molar-refractivity contribution in [2.45, 2.75) is 46.0 Å². The molecule has 7 heteroatoms. The van der Waals surface area contributed by atoms with Crippen molar-refractivity contribution < 1.29 is 22.7 Å². The lowest BCUT2D eigenvalue weighted by Gasteiger charge is -2.16. The van der Waals surface area contributed by atoms with E-state index in [0.29, 0.717) is 26.1 Å². The van der Waals surface area contributed by atoms with Gasteiger partial charge in [0.15, 0.2) is 0 Å². The van der Waals surface area contributed by atoms with Crippen LogP contribution in [0.5, 0.6) is 0 Å². The molecule has 0 N–H and O–H groups in total. The Kier molecular flexibility index (Phi) is 8.02. The molecule has 1 rings (SSSR count). The van der Waals surface area contributed by atoms with E-state index >= 15 is 0 Å². The van der Waals surface area contributed by atoms with Gasteiger partial charge in [0.1, 0.15) is 9.84 Å². The number of carbonyl (C=O) groups is 2. The Hall–Kier alpha value is -1.11. The quantitative estimate of drug-likeness (QED) is 0.468. The van der Waals surface area contributed by atoms with Crippen molar-refractivity contribution in [3.05, 3.63) is 0 Å². The third-order valence-electron chi connectivity index (χ3n) is 4.31. The minimum Gasteiger partial charge on any atom is -0.466 e. The van der Waals surface area contributed by atoms with Crippen molar-refractivity contribution in [1.82, 2.24) is 4.90 Å². The molecule has 0 aliphatic carbocycles. The van der Waals surface area contributed by atoms with Crippen LogP contribution in [0.1, 0.15) is 46.0 Å². The molecule has 1 fully saturated rings. The molecule has 1 saturated heterocycles. The van der Waals surface area contributed by atoms with Gasteiger partial charge in [-0.3, -0.25) is 9.59 Å². The van der Waals surface area contributed by atoms with E-state index in [-0.39, 0.29) is 29.5 Å². The molecule has 0 radical (unpaired) electrons. The van der Waals surface area contributed by atoms with E-state index in [1.165, 1.54) is 13.2 Å². The maximum atomic E-state index is 12.3. The number of likely N-dealkylation sites (tertiary alicyclic amines) is 1. The summed E-state index contributed by atoms with van der Waals surface area (Å²) in [5.41, 5.74) is 0. The maximum absolute atomic E-state index is 12.3. The molecule has 1 heterocycles. The summed E-state index contributed by atoms with van der Waals surface area (Å²) in [6.45, 7) is 5.05. The first-order valence-corrected chi connectivity index (χ1v) is 10.4. The van der Waals surface area contributed by atoms with Crippen LogP contribution in [0.25, 0.3) is 0 Å². The lowest BCUT2D eigenvalue weighted by atomic mass is 9.96. The number of carbonyl (C=O) groups excluding carboxylic acids is 2. The van der Waals surface area contributed by atoms with Gasteiger partial charge in [-0.05, 0) is 31.1 Å². The average Bonchev–Trinajstić information content (AvgIpc) is 2.83. The average molecular weight is 347 g/mol. The summed E-state index contributed by atoms with van der Waals surface area (Å²) in [6, 6.07) is 0. The molecule has 0 bridgehead atoms. The Bertz CT molecular complexity index is 503. The van der Waals surface area contributed by atoms with Crippen molar-refractivity contribution in [2.75, 3.05) is 31.7 Å². The standard InChI is InChI=1S/C16H29NO5S/c1-4-14-10-17(11-15(14)12-23(3,20)21)16(19)8-6-5-7-9-22-13(2)18/h14-15H,4-12H2,1-3H3. The summed E-state index contributed by atoms with van der Waals surface area (Å²) in [4.78, 5) is 24.7. The van der Waals surface area contributed by atoms with E-state index in [1.54, 1.807) is 0 Å². The van der Waals surface area contributed by atoms with E-state index in [2.05, 4.69) is 0 Å². The third kappa shape index (κ3) is 7.81. The van der Waals surface area contributed by atoms with Crippen LogP contribution in [0.2, 0.25) is 0 Å². The molecule has 23 heavy (non-hydrogen) atoms. The lowest BCUT2D eigenvalue weighted by Crippen LogP contribution is -2.29. The van der Waals surface area contributed by atoms with Crippen molar-refractivity contribution in [2.24, 2.45) is 11.8 Å². The van der Waals surface area contributed by atoms with Crippen molar-refractivity contribution in [3.8, 4) is 0 Å². The molecule has 134 valence electrons. The summed E-state index contributed by atoms with van der Waals surface area (Å²) in [5.74, 6) is 0.325.